The molecule has 0 aliphatic carbocycles. The molecule has 26 heavy (non-hydrogen) atoms. The van der Waals surface area contributed by atoms with E-state index in [0.29, 0.717) is 28.8 Å². The second-order valence-corrected chi connectivity index (χ2v) is 6.93. The van der Waals surface area contributed by atoms with Crippen molar-refractivity contribution in [2.45, 2.75) is 37.6 Å². The molecule has 2 aromatic rings. The number of rotatable bonds is 9. The van der Waals surface area contributed by atoms with Crippen molar-refractivity contribution in [2.75, 3.05) is 13.1 Å². The van der Waals surface area contributed by atoms with E-state index in [4.69, 9.17) is 0 Å². The molecule has 0 aliphatic heterocycles. The van der Waals surface area contributed by atoms with Crippen LogP contribution < -0.4 is 5.32 Å². The highest BCUT2D eigenvalue weighted by Gasteiger charge is 2.08. The normalized spacial score (nSPS) is 11.2. The Morgan fingerprint density at radius 3 is 2.12 bits per heavy atom. The number of thioether (sulfide) groups is 1. The lowest BCUT2D eigenvalue weighted by molar-refractivity contribution is 0.0951. The van der Waals surface area contributed by atoms with E-state index in [-0.39, 0.29) is 5.91 Å². The fourth-order valence-electron chi connectivity index (χ4n) is 2.54. The van der Waals surface area contributed by atoms with Crippen LogP contribution in [0.5, 0.6) is 0 Å². The van der Waals surface area contributed by atoms with Crippen LogP contribution in [0.2, 0.25) is 0 Å². The Bertz CT molecular complexity index is 686. The molecule has 0 heterocycles. The van der Waals surface area contributed by atoms with Crippen LogP contribution >= 0.6 is 11.8 Å². The number of amides is 1. The Morgan fingerprint density at radius 1 is 1.00 bits per heavy atom. The zero-order valence-corrected chi connectivity index (χ0v) is 15.9. The third-order valence-corrected chi connectivity index (χ3v) is 4.84. The van der Waals surface area contributed by atoms with Gasteiger partial charge in [-0.25, -0.2) is 0 Å². The molecule has 1 N–H and O–H groups in total. The molecule has 0 atom stereocenters. The SMILES string of the molecule is CCN(CC)Cc1ccc(CNC(=O)c2ccc(SC(F)F)cc2)cc1. The zero-order chi connectivity index (χ0) is 18.9. The molecule has 0 unspecified atom stereocenters. The predicted octanol–water partition coefficient (Wildman–Crippen LogP) is 4.77. The van der Waals surface area contributed by atoms with E-state index in [1.165, 1.54) is 17.7 Å². The van der Waals surface area contributed by atoms with E-state index in [1.807, 2.05) is 12.1 Å². The van der Waals surface area contributed by atoms with E-state index < -0.39 is 5.76 Å². The third kappa shape index (κ3) is 6.42. The monoisotopic (exact) mass is 378 g/mol. The first kappa shape index (κ1) is 20.4. The smallest absolute Gasteiger partial charge is 0.288 e. The van der Waals surface area contributed by atoms with E-state index in [2.05, 4.69) is 36.2 Å². The lowest BCUT2D eigenvalue weighted by Gasteiger charge is -2.18. The maximum Gasteiger partial charge on any atom is 0.288 e. The van der Waals surface area contributed by atoms with Crippen molar-refractivity contribution in [3.8, 4) is 0 Å². The van der Waals surface area contributed by atoms with Crippen molar-refractivity contribution < 1.29 is 13.6 Å². The van der Waals surface area contributed by atoms with Crippen LogP contribution in [-0.2, 0) is 13.1 Å². The highest BCUT2D eigenvalue weighted by Crippen LogP contribution is 2.25. The summed E-state index contributed by atoms with van der Waals surface area (Å²) in [5.41, 5.74) is 2.73. The van der Waals surface area contributed by atoms with Crippen molar-refractivity contribution in [3.63, 3.8) is 0 Å². The second-order valence-electron chi connectivity index (χ2n) is 5.86. The van der Waals surface area contributed by atoms with E-state index in [9.17, 15) is 13.6 Å². The standard InChI is InChI=1S/C20H24F2N2OS/c1-3-24(4-2)14-16-7-5-15(6-8-16)13-23-19(25)17-9-11-18(12-10-17)26-20(21)22/h5-12,20H,3-4,13-14H2,1-2H3,(H,23,25). The van der Waals surface area contributed by atoms with Crippen molar-refractivity contribution >= 4 is 17.7 Å². The Morgan fingerprint density at radius 2 is 1.58 bits per heavy atom. The molecule has 0 aromatic heterocycles. The number of nitrogens with one attached hydrogen (secondary N) is 1. The highest BCUT2D eigenvalue weighted by atomic mass is 32.2. The molecule has 0 bridgehead atoms. The van der Waals surface area contributed by atoms with Gasteiger partial charge >= 0.3 is 0 Å². The first-order valence-corrected chi connectivity index (χ1v) is 9.53. The van der Waals surface area contributed by atoms with Crippen LogP contribution in [0.1, 0.15) is 35.3 Å². The van der Waals surface area contributed by atoms with E-state index in [0.717, 1.165) is 25.2 Å². The molecular weight excluding hydrogens is 354 g/mol. The third-order valence-electron chi connectivity index (χ3n) is 4.12. The van der Waals surface area contributed by atoms with Gasteiger partial charge in [0.2, 0.25) is 0 Å². The number of carbonyl (C=O) groups is 1. The van der Waals surface area contributed by atoms with Crippen LogP contribution in [0, 0.1) is 0 Å². The second kappa shape index (κ2) is 10.3. The molecule has 0 saturated heterocycles. The first-order chi connectivity index (χ1) is 12.5. The number of alkyl halides is 2. The van der Waals surface area contributed by atoms with Gasteiger partial charge in [-0.1, -0.05) is 49.9 Å². The molecule has 0 saturated carbocycles. The summed E-state index contributed by atoms with van der Waals surface area (Å²) < 4.78 is 24.6. The first-order valence-electron chi connectivity index (χ1n) is 8.65. The van der Waals surface area contributed by atoms with Gasteiger partial charge in [0.15, 0.2) is 0 Å². The van der Waals surface area contributed by atoms with Gasteiger partial charge in [-0.3, -0.25) is 9.69 Å². The van der Waals surface area contributed by atoms with Gasteiger partial charge in [-0.15, -0.1) is 0 Å². The van der Waals surface area contributed by atoms with Crippen LogP contribution in [0.3, 0.4) is 0 Å². The van der Waals surface area contributed by atoms with Gasteiger partial charge in [0.1, 0.15) is 0 Å². The fourth-order valence-corrected chi connectivity index (χ4v) is 3.04. The van der Waals surface area contributed by atoms with Crippen molar-refractivity contribution in [3.05, 3.63) is 65.2 Å². The number of benzene rings is 2. The van der Waals surface area contributed by atoms with Gasteiger partial charge in [-0.05, 0) is 48.5 Å². The maximum atomic E-state index is 12.3. The summed E-state index contributed by atoms with van der Waals surface area (Å²) in [5, 5.41) is 2.85. The van der Waals surface area contributed by atoms with Gasteiger partial charge in [-0.2, -0.15) is 8.78 Å². The minimum absolute atomic E-state index is 0.217. The highest BCUT2D eigenvalue weighted by molar-refractivity contribution is 7.99. The van der Waals surface area contributed by atoms with Gasteiger partial charge < -0.3 is 5.32 Å². The molecule has 0 radical (unpaired) electrons. The number of halogens is 2. The average Bonchev–Trinajstić information content (AvgIpc) is 2.65. The van der Waals surface area contributed by atoms with Crippen molar-refractivity contribution in [2.24, 2.45) is 0 Å². The van der Waals surface area contributed by atoms with Crippen LogP contribution in [0.4, 0.5) is 8.78 Å². The number of hydrogen-bond acceptors (Lipinski definition) is 3. The van der Waals surface area contributed by atoms with Gasteiger partial charge in [0, 0.05) is 23.5 Å². The van der Waals surface area contributed by atoms with E-state index >= 15 is 0 Å². The summed E-state index contributed by atoms with van der Waals surface area (Å²) in [5.74, 6) is -2.68. The topological polar surface area (TPSA) is 32.3 Å². The Labute approximate surface area is 157 Å². The largest absolute Gasteiger partial charge is 0.348 e. The molecule has 1 amide bonds. The quantitative estimate of drug-likeness (QED) is 0.638. The predicted molar refractivity (Wildman–Crippen MR) is 103 cm³/mol. The van der Waals surface area contributed by atoms with Gasteiger partial charge in [0.05, 0.1) is 0 Å². The average molecular weight is 378 g/mol. The van der Waals surface area contributed by atoms with Crippen LogP contribution in [-0.4, -0.2) is 29.7 Å². The summed E-state index contributed by atoms with van der Waals surface area (Å²) in [4.78, 5) is 15.0. The molecular formula is C20H24F2N2OS. The molecule has 2 aromatic carbocycles. The Balaban J connectivity index is 1.86. The van der Waals surface area contributed by atoms with Crippen LogP contribution in [0.25, 0.3) is 0 Å². The molecule has 0 spiro atoms. The lowest BCUT2D eigenvalue weighted by Crippen LogP contribution is -2.23. The summed E-state index contributed by atoms with van der Waals surface area (Å²) >= 11 is 0.469. The summed E-state index contributed by atoms with van der Waals surface area (Å²) in [7, 11) is 0. The molecule has 0 fully saturated rings. The summed E-state index contributed by atoms with van der Waals surface area (Å²) in [6.45, 7) is 7.67. The Hall–Kier alpha value is -1.92. The van der Waals surface area contributed by atoms with Crippen molar-refractivity contribution in [1.82, 2.24) is 10.2 Å². The maximum absolute atomic E-state index is 12.3. The number of nitrogens with zero attached hydrogens (tertiary/aromatic N) is 1. The summed E-state index contributed by atoms with van der Waals surface area (Å²) in [6.07, 6.45) is 0. The van der Waals surface area contributed by atoms with Crippen molar-refractivity contribution in [1.29, 1.82) is 0 Å². The molecule has 2 rings (SSSR count). The van der Waals surface area contributed by atoms with E-state index in [1.54, 1.807) is 12.1 Å². The Kier molecular flexibility index (Phi) is 8.06. The molecule has 140 valence electrons. The molecule has 6 heteroatoms. The number of hydrogen-bond donors (Lipinski definition) is 1. The minimum atomic E-state index is -2.46. The number of carbonyl (C=O) groups excluding carboxylic acids is 1. The lowest BCUT2D eigenvalue weighted by atomic mass is 10.1. The molecule has 0 aliphatic rings. The fraction of sp³-hybridized carbons (Fsp3) is 0.350. The van der Waals surface area contributed by atoms with Gasteiger partial charge in [0.25, 0.3) is 11.7 Å². The zero-order valence-electron chi connectivity index (χ0n) is 15.0. The minimum Gasteiger partial charge on any atom is -0.348 e. The summed E-state index contributed by atoms with van der Waals surface area (Å²) in [6, 6.07) is 14.4. The van der Waals surface area contributed by atoms with Crippen LogP contribution in [0.15, 0.2) is 53.4 Å². The molecule has 3 nitrogen and oxygen atoms in total.